The van der Waals surface area contributed by atoms with Gasteiger partial charge in [-0.25, -0.2) is 0 Å². The van der Waals surface area contributed by atoms with Crippen LogP contribution in [0.5, 0.6) is 0 Å². The average Bonchev–Trinajstić information content (AvgIpc) is 2.28. The molecule has 1 aromatic carbocycles. The number of nitrogens with zero attached hydrogens (tertiary/aromatic N) is 1. The lowest BCUT2D eigenvalue weighted by molar-refractivity contribution is -0.0704. The van der Waals surface area contributed by atoms with Gasteiger partial charge in [-0.3, -0.25) is 4.90 Å². The fourth-order valence-electron chi connectivity index (χ4n) is 2.40. The quantitative estimate of drug-likeness (QED) is 0.766. The van der Waals surface area contributed by atoms with Gasteiger partial charge in [-0.2, -0.15) is 0 Å². The standard InChI is InChI=1S/C14H21NOS/c1-11-8-15(9-12(2)16-11)10-13-4-6-14(17-3)7-5-13/h4-7,11-12H,8-10H2,1-3H3/t11-,12-/m0/s1. The van der Waals surface area contributed by atoms with Gasteiger partial charge in [-0.05, 0) is 37.8 Å². The van der Waals surface area contributed by atoms with Gasteiger partial charge in [0.15, 0.2) is 0 Å². The van der Waals surface area contributed by atoms with E-state index in [0.717, 1.165) is 19.6 Å². The van der Waals surface area contributed by atoms with E-state index in [1.807, 2.05) is 0 Å². The van der Waals surface area contributed by atoms with E-state index in [1.54, 1.807) is 11.8 Å². The smallest absolute Gasteiger partial charge is 0.0678 e. The van der Waals surface area contributed by atoms with E-state index < -0.39 is 0 Å². The molecule has 1 aliphatic rings. The fourth-order valence-corrected chi connectivity index (χ4v) is 2.81. The van der Waals surface area contributed by atoms with Gasteiger partial charge in [0.2, 0.25) is 0 Å². The molecule has 0 bridgehead atoms. The summed E-state index contributed by atoms with van der Waals surface area (Å²) in [5.41, 5.74) is 1.39. The molecule has 0 aliphatic carbocycles. The molecule has 1 fully saturated rings. The topological polar surface area (TPSA) is 12.5 Å². The molecule has 0 unspecified atom stereocenters. The number of hydrogen-bond acceptors (Lipinski definition) is 3. The van der Waals surface area contributed by atoms with E-state index in [0.29, 0.717) is 12.2 Å². The van der Waals surface area contributed by atoms with E-state index in [1.165, 1.54) is 10.5 Å². The Morgan fingerprint density at radius 3 is 2.29 bits per heavy atom. The summed E-state index contributed by atoms with van der Waals surface area (Å²) in [5, 5.41) is 0. The molecule has 0 N–H and O–H groups in total. The third-order valence-corrected chi connectivity index (χ3v) is 3.80. The van der Waals surface area contributed by atoms with Gasteiger partial charge in [0.1, 0.15) is 0 Å². The number of thioether (sulfide) groups is 1. The van der Waals surface area contributed by atoms with Crippen molar-refractivity contribution in [3.05, 3.63) is 29.8 Å². The van der Waals surface area contributed by atoms with E-state index in [-0.39, 0.29) is 0 Å². The Kier molecular flexibility index (Phi) is 4.48. The van der Waals surface area contributed by atoms with Gasteiger partial charge in [0.25, 0.3) is 0 Å². The van der Waals surface area contributed by atoms with Crippen LogP contribution in [0.15, 0.2) is 29.2 Å². The van der Waals surface area contributed by atoms with Gasteiger partial charge in [-0.15, -0.1) is 11.8 Å². The van der Waals surface area contributed by atoms with Crippen LogP contribution in [-0.2, 0) is 11.3 Å². The predicted molar refractivity (Wildman–Crippen MR) is 73.5 cm³/mol. The first-order valence-electron chi connectivity index (χ1n) is 6.18. The molecule has 1 aliphatic heterocycles. The van der Waals surface area contributed by atoms with Gasteiger partial charge < -0.3 is 4.74 Å². The second-order valence-electron chi connectivity index (χ2n) is 4.80. The van der Waals surface area contributed by atoms with Gasteiger partial charge in [0, 0.05) is 24.5 Å². The molecule has 1 heterocycles. The molecule has 0 radical (unpaired) electrons. The Morgan fingerprint density at radius 1 is 1.18 bits per heavy atom. The molecule has 1 aromatic rings. The van der Waals surface area contributed by atoms with Crippen molar-refractivity contribution in [1.82, 2.24) is 4.90 Å². The summed E-state index contributed by atoms with van der Waals surface area (Å²) in [5.74, 6) is 0. The summed E-state index contributed by atoms with van der Waals surface area (Å²) in [4.78, 5) is 3.81. The SMILES string of the molecule is CSc1ccc(CN2C[C@H](C)O[C@@H](C)C2)cc1. The maximum absolute atomic E-state index is 5.75. The van der Waals surface area contributed by atoms with Crippen molar-refractivity contribution in [3.8, 4) is 0 Å². The summed E-state index contributed by atoms with van der Waals surface area (Å²) in [7, 11) is 0. The number of ether oxygens (including phenoxy) is 1. The molecule has 0 spiro atoms. The van der Waals surface area contributed by atoms with Crippen molar-refractivity contribution in [2.75, 3.05) is 19.3 Å². The summed E-state index contributed by atoms with van der Waals surface area (Å²) >= 11 is 1.79. The molecule has 94 valence electrons. The van der Waals surface area contributed by atoms with Crippen LogP contribution in [-0.4, -0.2) is 36.5 Å². The summed E-state index contributed by atoms with van der Waals surface area (Å²) in [6, 6.07) is 8.87. The fraction of sp³-hybridized carbons (Fsp3) is 0.571. The monoisotopic (exact) mass is 251 g/mol. The largest absolute Gasteiger partial charge is 0.373 e. The summed E-state index contributed by atoms with van der Waals surface area (Å²) < 4.78 is 5.75. The van der Waals surface area contributed by atoms with Gasteiger partial charge in [-0.1, -0.05) is 12.1 Å². The maximum atomic E-state index is 5.75. The van der Waals surface area contributed by atoms with Crippen LogP contribution >= 0.6 is 11.8 Å². The van der Waals surface area contributed by atoms with Crippen molar-refractivity contribution >= 4 is 11.8 Å². The number of benzene rings is 1. The normalized spacial score (nSPS) is 26.1. The Labute approximate surface area is 108 Å². The summed E-state index contributed by atoms with van der Waals surface area (Å²) in [6.07, 6.45) is 2.81. The Bertz CT molecular complexity index is 342. The van der Waals surface area contributed by atoms with Crippen LogP contribution in [0.1, 0.15) is 19.4 Å². The highest BCUT2D eigenvalue weighted by atomic mass is 32.2. The van der Waals surface area contributed by atoms with E-state index >= 15 is 0 Å². The molecular weight excluding hydrogens is 230 g/mol. The predicted octanol–water partition coefficient (Wildman–Crippen LogP) is 3.02. The first-order chi connectivity index (χ1) is 8.17. The number of morpholine rings is 1. The Balaban J connectivity index is 1.95. The lowest BCUT2D eigenvalue weighted by atomic mass is 10.1. The maximum Gasteiger partial charge on any atom is 0.0678 e. The number of rotatable bonds is 3. The number of hydrogen-bond donors (Lipinski definition) is 0. The molecule has 3 heteroatoms. The lowest BCUT2D eigenvalue weighted by Crippen LogP contribution is -2.44. The molecule has 17 heavy (non-hydrogen) atoms. The molecule has 2 rings (SSSR count). The zero-order valence-corrected chi connectivity index (χ0v) is 11.7. The van der Waals surface area contributed by atoms with Crippen molar-refractivity contribution in [2.45, 2.75) is 37.5 Å². The first-order valence-corrected chi connectivity index (χ1v) is 7.40. The summed E-state index contributed by atoms with van der Waals surface area (Å²) in [6.45, 7) is 7.41. The van der Waals surface area contributed by atoms with Crippen molar-refractivity contribution in [3.63, 3.8) is 0 Å². The van der Waals surface area contributed by atoms with Crippen molar-refractivity contribution in [2.24, 2.45) is 0 Å². The van der Waals surface area contributed by atoms with Crippen LogP contribution in [0, 0.1) is 0 Å². The third kappa shape index (κ3) is 3.73. The molecule has 1 saturated heterocycles. The average molecular weight is 251 g/mol. The second kappa shape index (κ2) is 5.89. The third-order valence-electron chi connectivity index (χ3n) is 3.06. The molecule has 2 atom stereocenters. The van der Waals surface area contributed by atoms with Crippen LogP contribution in [0.25, 0.3) is 0 Å². The molecule has 0 aromatic heterocycles. The van der Waals surface area contributed by atoms with Crippen LogP contribution < -0.4 is 0 Å². The van der Waals surface area contributed by atoms with Gasteiger partial charge >= 0.3 is 0 Å². The van der Waals surface area contributed by atoms with Crippen molar-refractivity contribution < 1.29 is 4.74 Å². The molecule has 2 nitrogen and oxygen atoms in total. The zero-order valence-electron chi connectivity index (χ0n) is 10.8. The van der Waals surface area contributed by atoms with E-state index in [2.05, 4.69) is 49.3 Å². The van der Waals surface area contributed by atoms with Crippen molar-refractivity contribution in [1.29, 1.82) is 0 Å². The second-order valence-corrected chi connectivity index (χ2v) is 5.68. The minimum Gasteiger partial charge on any atom is -0.373 e. The van der Waals surface area contributed by atoms with E-state index in [4.69, 9.17) is 4.74 Å². The zero-order chi connectivity index (χ0) is 12.3. The van der Waals surface area contributed by atoms with Gasteiger partial charge in [0.05, 0.1) is 12.2 Å². The molecular formula is C14H21NOS. The Morgan fingerprint density at radius 2 is 1.76 bits per heavy atom. The van der Waals surface area contributed by atoms with Crippen LogP contribution in [0.4, 0.5) is 0 Å². The van der Waals surface area contributed by atoms with Crippen LogP contribution in [0.3, 0.4) is 0 Å². The first kappa shape index (κ1) is 12.9. The Hall–Kier alpha value is -0.510. The minimum atomic E-state index is 0.351. The highest BCUT2D eigenvalue weighted by molar-refractivity contribution is 7.98. The van der Waals surface area contributed by atoms with E-state index in [9.17, 15) is 0 Å². The molecule has 0 amide bonds. The highest BCUT2D eigenvalue weighted by Gasteiger charge is 2.21. The molecule has 0 saturated carbocycles. The van der Waals surface area contributed by atoms with Crippen LogP contribution in [0.2, 0.25) is 0 Å². The highest BCUT2D eigenvalue weighted by Crippen LogP contribution is 2.18. The minimum absolute atomic E-state index is 0.351. The lowest BCUT2D eigenvalue weighted by Gasteiger charge is -2.35.